The largest absolute Gasteiger partial charge is 0.440 e. The molecule has 0 aliphatic heterocycles. The molecule has 1 aromatic carbocycles. The summed E-state index contributed by atoms with van der Waals surface area (Å²) in [5, 5.41) is 13.2. The summed E-state index contributed by atoms with van der Waals surface area (Å²) < 4.78 is 45.9. The van der Waals surface area contributed by atoms with Crippen LogP contribution in [0.2, 0.25) is 0 Å². The molecule has 25 heavy (non-hydrogen) atoms. The van der Waals surface area contributed by atoms with Crippen LogP contribution in [0.3, 0.4) is 0 Å². The first-order chi connectivity index (χ1) is 11.7. The van der Waals surface area contributed by atoms with Crippen LogP contribution in [0.25, 0.3) is 11.1 Å². The van der Waals surface area contributed by atoms with Crippen molar-refractivity contribution in [3.8, 4) is 0 Å². The third-order valence-electron chi connectivity index (χ3n) is 4.77. The Bertz CT molecular complexity index is 755. The molecule has 1 aliphatic rings. The summed E-state index contributed by atoms with van der Waals surface area (Å²) in [6.45, 7) is 5.45. The summed E-state index contributed by atoms with van der Waals surface area (Å²) in [4.78, 5) is 4.23. The number of fused-ring (bicyclic) bond motifs is 1. The second-order valence-electron chi connectivity index (χ2n) is 7.11. The predicted molar refractivity (Wildman–Crippen MR) is 88.3 cm³/mol. The van der Waals surface area contributed by atoms with Gasteiger partial charge in [0.25, 0.3) is 0 Å². The van der Waals surface area contributed by atoms with E-state index in [0.717, 1.165) is 25.3 Å². The maximum absolute atomic E-state index is 13.5. The normalized spacial score (nSPS) is 22.9. The van der Waals surface area contributed by atoms with Crippen LogP contribution in [0.4, 0.5) is 13.2 Å². The number of nitrogens with zero attached hydrogens (tertiary/aromatic N) is 1. The van der Waals surface area contributed by atoms with Gasteiger partial charge in [0.05, 0.1) is 6.10 Å². The lowest BCUT2D eigenvalue weighted by molar-refractivity contribution is -0.136. The SMILES string of the molecule is CC(C)c1nc2cc([C@@H](C)NC3CCCC3O)cc(C(F)(F)F)c2o1. The average Bonchev–Trinajstić information content (AvgIpc) is 3.11. The second-order valence-corrected chi connectivity index (χ2v) is 7.11. The third kappa shape index (κ3) is 3.67. The highest BCUT2D eigenvalue weighted by Gasteiger charge is 2.36. The van der Waals surface area contributed by atoms with Crippen LogP contribution in [0.1, 0.15) is 69.0 Å². The number of hydrogen-bond donors (Lipinski definition) is 2. The van der Waals surface area contributed by atoms with Crippen molar-refractivity contribution in [2.45, 2.75) is 70.3 Å². The van der Waals surface area contributed by atoms with Crippen molar-refractivity contribution in [1.82, 2.24) is 10.3 Å². The Labute approximate surface area is 144 Å². The zero-order valence-electron chi connectivity index (χ0n) is 14.5. The summed E-state index contributed by atoms with van der Waals surface area (Å²) in [6, 6.07) is 2.33. The lowest BCUT2D eigenvalue weighted by Crippen LogP contribution is -2.37. The molecule has 1 aromatic heterocycles. The van der Waals surface area contributed by atoms with E-state index < -0.39 is 17.8 Å². The first-order valence-electron chi connectivity index (χ1n) is 8.62. The van der Waals surface area contributed by atoms with Crippen molar-refractivity contribution in [2.24, 2.45) is 0 Å². The predicted octanol–water partition coefficient (Wildman–Crippen LogP) is 4.53. The molecule has 0 radical (unpaired) electrons. The van der Waals surface area contributed by atoms with Crippen molar-refractivity contribution in [2.75, 3.05) is 0 Å². The summed E-state index contributed by atoms with van der Waals surface area (Å²) >= 11 is 0. The smallest absolute Gasteiger partial charge is 0.420 e. The van der Waals surface area contributed by atoms with Gasteiger partial charge < -0.3 is 14.8 Å². The number of alkyl halides is 3. The summed E-state index contributed by atoms with van der Waals surface area (Å²) in [7, 11) is 0. The highest BCUT2D eigenvalue weighted by Crippen LogP contribution is 2.38. The molecular formula is C18H23F3N2O2. The van der Waals surface area contributed by atoms with E-state index in [4.69, 9.17) is 4.42 Å². The monoisotopic (exact) mass is 356 g/mol. The Morgan fingerprint density at radius 2 is 1.96 bits per heavy atom. The maximum Gasteiger partial charge on any atom is 0.420 e. The Morgan fingerprint density at radius 3 is 2.52 bits per heavy atom. The Hall–Kier alpha value is -1.60. The lowest BCUT2D eigenvalue weighted by atomic mass is 10.0. The maximum atomic E-state index is 13.5. The minimum atomic E-state index is -4.52. The quantitative estimate of drug-likeness (QED) is 0.845. The molecule has 4 nitrogen and oxygen atoms in total. The van der Waals surface area contributed by atoms with Crippen molar-refractivity contribution in [1.29, 1.82) is 0 Å². The molecule has 1 fully saturated rings. The topological polar surface area (TPSA) is 58.3 Å². The molecule has 0 spiro atoms. The molecule has 7 heteroatoms. The molecule has 1 saturated carbocycles. The Kier molecular flexibility index (Phi) is 4.81. The molecule has 138 valence electrons. The first kappa shape index (κ1) is 18.2. The first-order valence-corrected chi connectivity index (χ1v) is 8.62. The minimum Gasteiger partial charge on any atom is -0.440 e. The van der Waals surface area contributed by atoms with Crippen LogP contribution in [-0.2, 0) is 6.18 Å². The van der Waals surface area contributed by atoms with E-state index >= 15 is 0 Å². The molecule has 0 saturated heterocycles. The van der Waals surface area contributed by atoms with E-state index in [1.807, 2.05) is 13.8 Å². The van der Waals surface area contributed by atoms with E-state index in [0.29, 0.717) is 11.5 Å². The van der Waals surface area contributed by atoms with Gasteiger partial charge in [0.15, 0.2) is 11.5 Å². The van der Waals surface area contributed by atoms with E-state index in [1.165, 1.54) is 0 Å². The highest BCUT2D eigenvalue weighted by molar-refractivity contribution is 5.78. The van der Waals surface area contributed by atoms with Crippen molar-refractivity contribution in [3.63, 3.8) is 0 Å². The number of benzene rings is 1. The number of hydrogen-bond acceptors (Lipinski definition) is 4. The van der Waals surface area contributed by atoms with Gasteiger partial charge >= 0.3 is 6.18 Å². The van der Waals surface area contributed by atoms with Gasteiger partial charge in [-0.1, -0.05) is 13.8 Å². The van der Waals surface area contributed by atoms with Crippen LogP contribution in [0, 0.1) is 0 Å². The Morgan fingerprint density at radius 1 is 1.24 bits per heavy atom. The number of aliphatic hydroxyl groups excluding tert-OH is 1. The minimum absolute atomic E-state index is 0.0939. The average molecular weight is 356 g/mol. The van der Waals surface area contributed by atoms with Crippen molar-refractivity contribution < 1.29 is 22.7 Å². The zero-order chi connectivity index (χ0) is 18.4. The molecular weight excluding hydrogens is 333 g/mol. The standard InChI is InChI=1S/C18H23F3N2O2/c1-9(2)17-23-14-8-11(7-12(16(14)25-17)18(19,20)21)10(3)22-13-5-4-6-15(13)24/h7-10,13,15,22,24H,4-6H2,1-3H3/t10-,13?,15?/m1/s1. The van der Waals surface area contributed by atoms with Crippen LogP contribution < -0.4 is 5.32 Å². The third-order valence-corrected chi connectivity index (χ3v) is 4.77. The number of aliphatic hydroxyl groups is 1. The molecule has 2 N–H and O–H groups in total. The number of rotatable bonds is 4. The molecule has 1 heterocycles. The van der Waals surface area contributed by atoms with E-state index in [1.54, 1.807) is 13.0 Å². The van der Waals surface area contributed by atoms with Gasteiger partial charge in [-0.3, -0.25) is 0 Å². The number of nitrogens with one attached hydrogen (secondary N) is 1. The molecule has 2 unspecified atom stereocenters. The van der Waals surface area contributed by atoms with Crippen LogP contribution in [0.5, 0.6) is 0 Å². The van der Waals surface area contributed by atoms with Crippen molar-refractivity contribution in [3.05, 3.63) is 29.2 Å². The van der Waals surface area contributed by atoms with Gasteiger partial charge in [0.1, 0.15) is 11.1 Å². The van der Waals surface area contributed by atoms with Crippen LogP contribution in [0.15, 0.2) is 16.5 Å². The van der Waals surface area contributed by atoms with Gasteiger partial charge in [0, 0.05) is 18.0 Å². The van der Waals surface area contributed by atoms with Crippen LogP contribution >= 0.6 is 0 Å². The molecule has 2 aromatic rings. The molecule has 0 bridgehead atoms. The summed E-state index contributed by atoms with van der Waals surface area (Å²) in [5.74, 6) is 0.200. The van der Waals surface area contributed by atoms with Gasteiger partial charge in [-0.2, -0.15) is 13.2 Å². The fraction of sp³-hybridized carbons (Fsp3) is 0.611. The lowest BCUT2D eigenvalue weighted by Gasteiger charge is -2.23. The van der Waals surface area contributed by atoms with Gasteiger partial charge in [-0.25, -0.2) is 4.98 Å². The highest BCUT2D eigenvalue weighted by atomic mass is 19.4. The van der Waals surface area contributed by atoms with Gasteiger partial charge in [-0.05, 0) is 43.9 Å². The zero-order valence-corrected chi connectivity index (χ0v) is 14.5. The number of aromatic nitrogens is 1. The number of halogens is 3. The fourth-order valence-electron chi connectivity index (χ4n) is 3.33. The molecule has 1 aliphatic carbocycles. The van der Waals surface area contributed by atoms with Gasteiger partial charge in [0.2, 0.25) is 0 Å². The van der Waals surface area contributed by atoms with Crippen molar-refractivity contribution >= 4 is 11.1 Å². The second kappa shape index (κ2) is 6.61. The van der Waals surface area contributed by atoms with E-state index in [2.05, 4.69) is 10.3 Å². The summed E-state index contributed by atoms with van der Waals surface area (Å²) in [5.41, 5.74) is -0.315. The van der Waals surface area contributed by atoms with E-state index in [-0.39, 0.29) is 29.1 Å². The molecule has 3 atom stereocenters. The summed E-state index contributed by atoms with van der Waals surface area (Å²) in [6.07, 6.45) is -2.51. The number of oxazole rings is 1. The fourth-order valence-corrected chi connectivity index (χ4v) is 3.33. The molecule has 0 amide bonds. The Balaban J connectivity index is 2.00. The molecule has 3 rings (SSSR count). The van der Waals surface area contributed by atoms with Gasteiger partial charge in [-0.15, -0.1) is 0 Å². The van der Waals surface area contributed by atoms with Crippen LogP contribution in [-0.4, -0.2) is 22.2 Å². The van der Waals surface area contributed by atoms with E-state index in [9.17, 15) is 18.3 Å².